The molecule has 0 saturated carbocycles. The lowest BCUT2D eigenvalue weighted by Gasteiger charge is -2.07. The fourth-order valence-electron chi connectivity index (χ4n) is 2.18. The zero-order valence-corrected chi connectivity index (χ0v) is 15.1. The molecule has 7 nitrogen and oxygen atoms in total. The van der Waals surface area contributed by atoms with Crippen LogP contribution >= 0.6 is 0 Å². The van der Waals surface area contributed by atoms with Gasteiger partial charge in [0.1, 0.15) is 13.2 Å². The van der Waals surface area contributed by atoms with Crippen LogP contribution in [-0.2, 0) is 14.2 Å². The summed E-state index contributed by atoms with van der Waals surface area (Å²) in [6, 6.07) is 12.7. The van der Waals surface area contributed by atoms with Crippen LogP contribution < -0.4 is 11.5 Å². The number of ether oxygens (including phenoxy) is 3. The smallest absolute Gasteiger partial charge is 0.338 e. The van der Waals surface area contributed by atoms with E-state index in [1.165, 1.54) is 12.8 Å². The van der Waals surface area contributed by atoms with Crippen molar-refractivity contribution in [3.8, 4) is 0 Å². The van der Waals surface area contributed by atoms with Crippen LogP contribution in [0.4, 0.5) is 11.4 Å². The number of nitrogens with two attached hydrogens (primary N) is 2. The average molecular weight is 372 g/mol. The molecule has 0 aromatic heterocycles. The second-order valence-electron chi connectivity index (χ2n) is 5.84. The quantitative estimate of drug-likeness (QED) is 0.471. The maximum atomic E-state index is 11.7. The summed E-state index contributed by atoms with van der Waals surface area (Å²) >= 11 is 0. The Morgan fingerprint density at radius 1 is 0.741 bits per heavy atom. The van der Waals surface area contributed by atoms with Crippen molar-refractivity contribution < 1.29 is 23.8 Å². The van der Waals surface area contributed by atoms with Crippen LogP contribution in [0.1, 0.15) is 33.6 Å². The molecule has 144 valence electrons. The van der Waals surface area contributed by atoms with Crippen LogP contribution in [0.15, 0.2) is 48.5 Å². The Morgan fingerprint density at radius 3 is 1.41 bits per heavy atom. The van der Waals surface area contributed by atoms with Gasteiger partial charge in [-0.05, 0) is 61.4 Å². The molecule has 0 atom stereocenters. The summed E-state index contributed by atoms with van der Waals surface area (Å²) in [5.74, 6) is -0.993. The minimum absolute atomic E-state index is 0.0239. The zero-order chi connectivity index (χ0) is 19.5. The summed E-state index contributed by atoms with van der Waals surface area (Å²) < 4.78 is 14.9. The van der Waals surface area contributed by atoms with Crippen molar-refractivity contribution in [2.75, 3.05) is 37.9 Å². The third kappa shape index (κ3) is 7.37. The largest absolute Gasteiger partial charge is 0.458 e. The highest BCUT2D eigenvalue weighted by molar-refractivity contribution is 5.90. The van der Waals surface area contributed by atoms with Crippen molar-refractivity contribution in [3.05, 3.63) is 59.7 Å². The van der Waals surface area contributed by atoms with Crippen LogP contribution in [0.3, 0.4) is 0 Å². The summed E-state index contributed by atoms with van der Waals surface area (Å²) in [6.07, 6.45) is 2.56. The van der Waals surface area contributed by atoms with Crippen molar-refractivity contribution in [1.82, 2.24) is 0 Å². The van der Waals surface area contributed by atoms with E-state index in [4.69, 9.17) is 25.7 Å². The predicted octanol–water partition coefficient (Wildman–Crippen LogP) is 2.66. The van der Waals surface area contributed by atoms with Crippen molar-refractivity contribution in [2.45, 2.75) is 12.8 Å². The molecule has 1 aliphatic heterocycles. The number of esters is 2. The maximum Gasteiger partial charge on any atom is 0.338 e. The van der Waals surface area contributed by atoms with E-state index < -0.39 is 11.9 Å². The number of hydrogen-bond donors (Lipinski definition) is 2. The maximum absolute atomic E-state index is 11.7. The van der Waals surface area contributed by atoms with E-state index in [-0.39, 0.29) is 13.2 Å². The summed E-state index contributed by atoms with van der Waals surface area (Å²) in [4.78, 5) is 23.4. The predicted molar refractivity (Wildman–Crippen MR) is 102 cm³/mol. The lowest BCUT2D eigenvalue weighted by molar-refractivity contribution is 0.0265. The standard InChI is InChI=1S/C16H16N2O4.C4H8O/c17-13-5-1-11(2-6-13)15(19)21-9-10-22-16(20)12-3-7-14(18)8-4-12;1-2-4-5-3-1/h1-8H,9-10,17-18H2;1-4H2. The first-order valence-corrected chi connectivity index (χ1v) is 8.69. The fraction of sp³-hybridized carbons (Fsp3) is 0.300. The van der Waals surface area contributed by atoms with Crippen molar-refractivity contribution in [2.24, 2.45) is 0 Å². The third-order valence-electron chi connectivity index (χ3n) is 3.67. The Labute approximate surface area is 158 Å². The lowest BCUT2D eigenvalue weighted by Crippen LogP contribution is -2.14. The van der Waals surface area contributed by atoms with Gasteiger partial charge in [0.25, 0.3) is 0 Å². The van der Waals surface area contributed by atoms with Crippen molar-refractivity contribution in [1.29, 1.82) is 0 Å². The first-order chi connectivity index (χ1) is 13.1. The molecule has 0 amide bonds. The molecular weight excluding hydrogens is 348 g/mol. The highest BCUT2D eigenvalue weighted by Gasteiger charge is 2.09. The Hall–Kier alpha value is -3.06. The normalized spacial score (nSPS) is 12.6. The monoisotopic (exact) mass is 372 g/mol. The van der Waals surface area contributed by atoms with Gasteiger partial charge in [-0.1, -0.05) is 0 Å². The number of anilines is 2. The first kappa shape index (κ1) is 20.3. The lowest BCUT2D eigenvalue weighted by atomic mass is 10.2. The molecule has 1 fully saturated rings. The van der Waals surface area contributed by atoms with Crippen molar-refractivity contribution >= 4 is 23.3 Å². The number of hydrogen-bond acceptors (Lipinski definition) is 7. The topological polar surface area (TPSA) is 114 Å². The molecule has 4 N–H and O–H groups in total. The van der Waals surface area contributed by atoms with Gasteiger partial charge in [-0.3, -0.25) is 0 Å². The van der Waals surface area contributed by atoms with Crippen LogP contribution in [0.2, 0.25) is 0 Å². The Kier molecular flexibility index (Phi) is 8.12. The number of rotatable bonds is 5. The SMILES string of the molecule is C1CCOC1.Nc1ccc(C(=O)OCCOC(=O)c2ccc(N)cc2)cc1. The van der Waals surface area contributed by atoms with Gasteiger partial charge in [0.05, 0.1) is 11.1 Å². The second-order valence-corrected chi connectivity index (χ2v) is 5.84. The van der Waals surface area contributed by atoms with Gasteiger partial charge in [0.15, 0.2) is 0 Å². The van der Waals surface area contributed by atoms with E-state index in [9.17, 15) is 9.59 Å². The Bertz CT molecular complexity index is 658. The molecule has 0 radical (unpaired) electrons. The highest BCUT2D eigenvalue weighted by atomic mass is 16.6. The molecule has 0 unspecified atom stereocenters. The van der Waals surface area contributed by atoms with Gasteiger partial charge in [-0.25, -0.2) is 9.59 Å². The van der Waals surface area contributed by atoms with E-state index in [0.29, 0.717) is 22.5 Å². The second kappa shape index (κ2) is 10.8. The van der Waals surface area contributed by atoms with Crippen LogP contribution in [0.25, 0.3) is 0 Å². The molecule has 1 heterocycles. The molecule has 0 aliphatic carbocycles. The summed E-state index contributed by atoms with van der Waals surface area (Å²) in [5.41, 5.74) is 13.0. The molecule has 1 saturated heterocycles. The molecular formula is C20H24N2O5. The first-order valence-electron chi connectivity index (χ1n) is 8.69. The molecule has 1 aliphatic rings. The van der Waals surface area contributed by atoms with Gasteiger partial charge >= 0.3 is 11.9 Å². The molecule has 27 heavy (non-hydrogen) atoms. The summed E-state index contributed by atoms with van der Waals surface area (Å²) in [5, 5.41) is 0. The molecule has 0 bridgehead atoms. The number of benzene rings is 2. The van der Waals surface area contributed by atoms with E-state index in [1.54, 1.807) is 48.5 Å². The molecule has 2 aromatic rings. The van der Waals surface area contributed by atoms with Crippen LogP contribution in [0, 0.1) is 0 Å². The van der Waals surface area contributed by atoms with Gasteiger partial charge < -0.3 is 25.7 Å². The fourth-order valence-corrected chi connectivity index (χ4v) is 2.18. The zero-order valence-electron chi connectivity index (χ0n) is 15.1. The van der Waals surface area contributed by atoms with Crippen LogP contribution in [-0.4, -0.2) is 38.4 Å². The van der Waals surface area contributed by atoms with Gasteiger partial charge in [0.2, 0.25) is 0 Å². The molecule has 3 rings (SSSR count). The number of carbonyl (C=O) groups is 2. The Morgan fingerprint density at radius 2 is 1.11 bits per heavy atom. The number of nitrogen functional groups attached to an aromatic ring is 2. The Balaban J connectivity index is 0.000000451. The van der Waals surface area contributed by atoms with Crippen LogP contribution in [0.5, 0.6) is 0 Å². The molecule has 0 spiro atoms. The summed E-state index contributed by atoms with van der Waals surface area (Å²) in [7, 11) is 0. The number of carbonyl (C=O) groups excluding carboxylic acids is 2. The van der Waals surface area contributed by atoms with Gasteiger partial charge in [-0.2, -0.15) is 0 Å². The van der Waals surface area contributed by atoms with E-state index in [2.05, 4.69) is 0 Å². The minimum atomic E-state index is -0.497. The van der Waals surface area contributed by atoms with Gasteiger partial charge in [-0.15, -0.1) is 0 Å². The highest BCUT2D eigenvalue weighted by Crippen LogP contribution is 2.08. The van der Waals surface area contributed by atoms with E-state index >= 15 is 0 Å². The summed E-state index contributed by atoms with van der Waals surface area (Å²) in [6.45, 7) is 1.95. The minimum Gasteiger partial charge on any atom is -0.458 e. The van der Waals surface area contributed by atoms with Gasteiger partial charge in [0, 0.05) is 24.6 Å². The third-order valence-corrected chi connectivity index (χ3v) is 3.67. The molecule has 7 heteroatoms. The van der Waals surface area contributed by atoms with Crippen molar-refractivity contribution in [3.63, 3.8) is 0 Å². The van der Waals surface area contributed by atoms with E-state index in [1.807, 2.05) is 0 Å². The van der Waals surface area contributed by atoms with E-state index in [0.717, 1.165) is 13.2 Å². The molecule has 2 aromatic carbocycles. The average Bonchev–Trinajstić information content (AvgIpc) is 3.26.